The highest BCUT2D eigenvalue weighted by atomic mass is 16.5. The number of imidazole rings is 1. The number of nitrogens with zero attached hydrogens (tertiary/aromatic N) is 3. The van der Waals surface area contributed by atoms with Crippen molar-refractivity contribution in [3.05, 3.63) is 65.6 Å². The first-order valence-corrected chi connectivity index (χ1v) is 9.83. The molecule has 1 aliphatic heterocycles. The van der Waals surface area contributed by atoms with Crippen LogP contribution in [-0.2, 0) is 6.54 Å². The number of likely N-dealkylation sites (tertiary alicyclic amines) is 1. The van der Waals surface area contributed by atoms with E-state index in [1.165, 1.54) is 5.56 Å². The number of aromatic nitrogens is 2. The van der Waals surface area contributed by atoms with E-state index in [-0.39, 0.29) is 11.9 Å². The number of carbonyl (C=O) groups is 1. The number of aryl methyl sites for hydroxylation is 1. The lowest BCUT2D eigenvalue weighted by Crippen LogP contribution is -2.37. The van der Waals surface area contributed by atoms with E-state index in [1.54, 1.807) is 0 Å². The number of pyridine rings is 1. The summed E-state index contributed by atoms with van der Waals surface area (Å²) in [5.41, 5.74) is 3.28. The summed E-state index contributed by atoms with van der Waals surface area (Å²) >= 11 is 0. The molecule has 0 bridgehead atoms. The van der Waals surface area contributed by atoms with E-state index in [0.717, 1.165) is 26.1 Å². The Morgan fingerprint density at radius 3 is 2.86 bits per heavy atom. The van der Waals surface area contributed by atoms with Gasteiger partial charge in [0, 0.05) is 31.9 Å². The molecule has 0 radical (unpaired) electrons. The predicted molar refractivity (Wildman–Crippen MR) is 109 cm³/mol. The average Bonchev–Trinajstić information content (AvgIpc) is 3.26. The van der Waals surface area contributed by atoms with Crippen LogP contribution >= 0.6 is 0 Å². The molecule has 0 saturated carbocycles. The molecule has 0 unspecified atom stereocenters. The van der Waals surface area contributed by atoms with Crippen LogP contribution in [0.4, 0.5) is 0 Å². The van der Waals surface area contributed by atoms with Crippen LogP contribution in [0.15, 0.2) is 48.7 Å². The van der Waals surface area contributed by atoms with Gasteiger partial charge in [0.1, 0.15) is 5.69 Å². The summed E-state index contributed by atoms with van der Waals surface area (Å²) < 4.78 is 7.48. The normalized spacial score (nSPS) is 17.1. The van der Waals surface area contributed by atoms with Crippen LogP contribution in [0.5, 0.6) is 5.75 Å². The zero-order valence-electron chi connectivity index (χ0n) is 16.4. The van der Waals surface area contributed by atoms with Crippen LogP contribution in [-0.4, -0.2) is 45.9 Å². The Hall–Kier alpha value is -2.86. The van der Waals surface area contributed by atoms with Crippen LogP contribution in [0.1, 0.15) is 35.1 Å². The topological polar surface area (TPSA) is 58.9 Å². The summed E-state index contributed by atoms with van der Waals surface area (Å²) in [4.78, 5) is 19.9. The van der Waals surface area contributed by atoms with E-state index in [1.807, 2.05) is 42.6 Å². The standard InChI is InChI=1S/C22H26N4O2/c1-3-28-19-10-7-12-26-20(16(2)23-21(19)26)22(27)24-18-11-13-25(15-18)14-17-8-5-4-6-9-17/h4-10,12,18H,3,11,13-15H2,1-2H3,(H,24,27)/t18-/m0/s1. The summed E-state index contributed by atoms with van der Waals surface area (Å²) in [6.07, 6.45) is 2.82. The van der Waals surface area contributed by atoms with Crippen LogP contribution in [0.2, 0.25) is 0 Å². The molecule has 1 fully saturated rings. The minimum Gasteiger partial charge on any atom is -0.490 e. The second-order valence-corrected chi connectivity index (χ2v) is 7.22. The van der Waals surface area contributed by atoms with Crippen molar-refractivity contribution in [2.75, 3.05) is 19.7 Å². The fraction of sp³-hybridized carbons (Fsp3) is 0.364. The molecule has 6 nitrogen and oxygen atoms in total. The molecule has 1 aliphatic rings. The van der Waals surface area contributed by atoms with Crippen molar-refractivity contribution < 1.29 is 9.53 Å². The fourth-order valence-corrected chi connectivity index (χ4v) is 3.89. The maximum atomic E-state index is 13.0. The third kappa shape index (κ3) is 3.73. The summed E-state index contributed by atoms with van der Waals surface area (Å²) in [6, 6.07) is 14.4. The highest BCUT2D eigenvalue weighted by molar-refractivity contribution is 5.95. The highest BCUT2D eigenvalue weighted by Gasteiger charge is 2.26. The molecule has 1 saturated heterocycles. The van der Waals surface area contributed by atoms with Crippen molar-refractivity contribution in [2.45, 2.75) is 32.9 Å². The van der Waals surface area contributed by atoms with Gasteiger partial charge in [0.05, 0.1) is 12.3 Å². The van der Waals surface area contributed by atoms with E-state index < -0.39 is 0 Å². The Labute approximate surface area is 165 Å². The van der Waals surface area contributed by atoms with Crippen molar-refractivity contribution in [1.29, 1.82) is 0 Å². The zero-order chi connectivity index (χ0) is 19.5. The van der Waals surface area contributed by atoms with E-state index in [0.29, 0.717) is 29.4 Å². The van der Waals surface area contributed by atoms with Gasteiger partial charge >= 0.3 is 0 Å². The smallest absolute Gasteiger partial charge is 0.270 e. The molecule has 1 N–H and O–H groups in total. The Balaban J connectivity index is 1.46. The SMILES string of the molecule is CCOc1cccn2c(C(=O)N[C@H]3CCN(Cc4ccccc4)C3)c(C)nc12. The molecule has 0 aliphatic carbocycles. The second kappa shape index (κ2) is 8.02. The number of nitrogens with one attached hydrogen (secondary N) is 1. The van der Waals surface area contributed by atoms with Gasteiger partial charge < -0.3 is 10.1 Å². The average molecular weight is 378 g/mol. The van der Waals surface area contributed by atoms with Crippen LogP contribution in [0, 0.1) is 6.92 Å². The molecule has 1 aromatic carbocycles. The molecule has 146 valence electrons. The summed E-state index contributed by atoms with van der Waals surface area (Å²) in [5.74, 6) is 0.618. The molecular formula is C22H26N4O2. The van der Waals surface area contributed by atoms with Crippen molar-refractivity contribution in [3.63, 3.8) is 0 Å². The lowest BCUT2D eigenvalue weighted by molar-refractivity contribution is 0.0931. The van der Waals surface area contributed by atoms with Gasteiger partial charge in [0.15, 0.2) is 11.4 Å². The second-order valence-electron chi connectivity index (χ2n) is 7.22. The molecule has 3 heterocycles. The Morgan fingerprint density at radius 2 is 2.07 bits per heavy atom. The molecule has 1 amide bonds. The fourth-order valence-electron chi connectivity index (χ4n) is 3.89. The number of hydrogen-bond acceptors (Lipinski definition) is 4. The number of carbonyl (C=O) groups excluding carboxylic acids is 1. The van der Waals surface area contributed by atoms with E-state index in [4.69, 9.17) is 4.74 Å². The number of rotatable bonds is 6. The lowest BCUT2D eigenvalue weighted by atomic mass is 10.2. The molecule has 3 aromatic rings. The molecule has 0 spiro atoms. The maximum Gasteiger partial charge on any atom is 0.270 e. The molecular weight excluding hydrogens is 352 g/mol. The first-order chi connectivity index (χ1) is 13.7. The third-order valence-corrected chi connectivity index (χ3v) is 5.16. The summed E-state index contributed by atoms with van der Waals surface area (Å²) in [5, 5.41) is 3.20. The molecule has 28 heavy (non-hydrogen) atoms. The monoisotopic (exact) mass is 378 g/mol. The third-order valence-electron chi connectivity index (χ3n) is 5.16. The molecule has 2 aromatic heterocycles. The van der Waals surface area contributed by atoms with Crippen molar-refractivity contribution in [2.24, 2.45) is 0 Å². The van der Waals surface area contributed by atoms with Crippen molar-refractivity contribution in [1.82, 2.24) is 19.6 Å². The van der Waals surface area contributed by atoms with Crippen molar-refractivity contribution in [3.8, 4) is 5.75 Å². The Kier molecular flexibility index (Phi) is 5.30. The number of amides is 1. The minimum atomic E-state index is -0.0785. The van der Waals surface area contributed by atoms with Crippen molar-refractivity contribution >= 4 is 11.6 Å². The van der Waals surface area contributed by atoms with E-state index in [2.05, 4.69) is 39.5 Å². The van der Waals surface area contributed by atoms with E-state index >= 15 is 0 Å². The number of benzene rings is 1. The van der Waals surface area contributed by atoms with Gasteiger partial charge in [-0.15, -0.1) is 0 Å². The largest absolute Gasteiger partial charge is 0.490 e. The number of ether oxygens (including phenoxy) is 1. The molecule has 1 atom stereocenters. The van der Waals surface area contributed by atoms with Gasteiger partial charge in [-0.25, -0.2) is 4.98 Å². The predicted octanol–water partition coefficient (Wildman–Crippen LogP) is 3.05. The molecule has 6 heteroatoms. The number of fused-ring (bicyclic) bond motifs is 1. The maximum absolute atomic E-state index is 13.0. The van der Waals surface area contributed by atoms with Crippen LogP contribution in [0.3, 0.4) is 0 Å². The molecule has 4 rings (SSSR count). The first-order valence-electron chi connectivity index (χ1n) is 9.83. The number of hydrogen-bond donors (Lipinski definition) is 1. The van der Waals surface area contributed by atoms with Gasteiger partial charge in [-0.3, -0.25) is 14.1 Å². The van der Waals surface area contributed by atoms with Gasteiger partial charge in [-0.2, -0.15) is 0 Å². The Bertz CT molecular complexity index is 967. The minimum absolute atomic E-state index is 0.0785. The van der Waals surface area contributed by atoms with Crippen LogP contribution in [0.25, 0.3) is 5.65 Å². The van der Waals surface area contributed by atoms with Gasteiger partial charge in [0.25, 0.3) is 5.91 Å². The zero-order valence-corrected chi connectivity index (χ0v) is 16.4. The van der Waals surface area contributed by atoms with Crippen LogP contribution < -0.4 is 10.1 Å². The Morgan fingerprint density at radius 1 is 1.25 bits per heavy atom. The summed E-state index contributed by atoms with van der Waals surface area (Å²) in [7, 11) is 0. The highest BCUT2D eigenvalue weighted by Crippen LogP contribution is 2.22. The van der Waals surface area contributed by atoms with E-state index in [9.17, 15) is 4.79 Å². The summed E-state index contributed by atoms with van der Waals surface area (Å²) in [6.45, 7) is 7.13. The quantitative estimate of drug-likeness (QED) is 0.716. The first kappa shape index (κ1) is 18.5. The lowest BCUT2D eigenvalue weighted by Gasteiger charge is -2.17. The van der Waals surface area contributed by atoms with Gasteiger partial charge in [-0.1, -0.05) is 30.3 Å². The van der Waals surface area contributed by atoms with Gasteiger partial charge in [0.2, 0.25) is 0 Å². The van der Waals surface area contributed by atoms with Gasteiger partial charge in [-0.05, 0) is 38.0 Å².